The van der Waals surface area contributed by atoms with Gasteiger partial charge >= 0.3 is 0 Å². The maximum absolute atomic E-state index is 13.9. The van der Waals surface area contributed by atoms with Crippen LogP contribution in [0.3, 0.4) is 0 Å². The lowest BCUT2D eigenvalue weighted by Crippen LogP contribution is -2.46. The van der Waals surface area contributed by atoms with Gasteiger partial charge in [-0.05, 0) is 24.5 Å². The number of benzene rings is 1. The van der Waals surface area contributed by atoms with Crippen LogP contribution >= 0.6 is 0 Å². The molecule has 0 saturated carbocycles. The molecule has 1 aromatic heterocycles. The largest absolute Gasteiger partial charge is 0.457 e. The zero-order valence-electron chi connectivity index (χ0n) is 17.2. The Morgan fingerprint density at radius 3 is 2.71 bits per heavy atom. The van der Waals surface area contributed by atoms with Crippen LogP contribution in [0.5, 0.6) is 5.75 Å². The Hall–Kier alpha value is -3.24. The number of ether oxygens (including phenoxy) is 1. The Kier molecular flexibility index (Phi) is 7.03. The van der Waals surface area contributed by atoms with E-state index in [9.17, 15) is 14.0 Å². The Morgan fingerprint density at radius 2 is 2.03 bits per heavy atom. The fourth-order valence-electron chi connectivity index (χ4n) is 3.24. The molecule has 2 heterocycles. The summed E-state index contributed by atoms with van der Waals surface area (Å²) < 4.78 is 20.7. The van der Waals surface area contributed by atoms with Gasteiger partial charge < -0.3 is 25.2 Å². The lowest BCUT2D eigenvalue weighted by Gasteiger charge is -2.28. The van der Waals surface area contributed by atoms with E-state index < -0.39 is 30.0 Å². The molecule has 0 saturated heterocycles. The summed E-state index contributed by atoms with van der Waals surface area (Å²) in [5.41, 5.74) is 0. The number of nitrogens with zero attached hydrogens (tertiary/aromatic N) is 3. The highest BCUT2D eigenvalue weighted by Gasteiger charge is 2.35. The molecule has 166 valence electrons. The van der Waals surface area contributed by atoms with Gasteiger partial charge in [0, 0.05) is 18.3 Å². The molecule has 3 N–H and O–H groups in total. The molecule has 0 spiro atoms. The number of aliphatic hydroxyl groups is 2. The van der Waals surface area contributed by atoms with Crippen LogP contribution in [0.4, 0.5) is 10.2 Å². The Bertz CT molecular complexity index is 972. The average molecular weight is 432 g/mol. The molecule has 2 aromatic rings. The third-order valence-corrected chi connectivity index (χ3v) is 4.59. The van der Waals surface area contributed by atoms with Crippen molar-refractivity contribution in [2.45, 2.75) is 39.1 Å². The number of para-hydroxylation sites is 1. The van der Waals surface area contributed by atoms with E-state index in [0.29, 0.717) is 6.42 Å². The highest BCUT2D eigenvalue weighted by molar-refractivity contribution is 5.99. The van der Waals surface area contributed by atoms with Crippen molar-refractivity contribution in [3.05, 3.63) is 54.2 Å². The van der Waals surface area contributed by atoms with E-state index in [1.54, 1.807) is 6.07 Å². The SMILES string of the molecule is CC(C)C[C@@H](C(=O)Nc1ccn(CC(O)O)n1)N1CC(Oc2ccccc2F)=CC1=O. The van der Waals surface area contributed by atoms with E-state index in [2.05, 4.69) is 10.4 Å². The van der Waals surface area contributed by atoms with E-state index in [1.165, 1.54) is 46.1 Å². The summed E-state index contributed by atoms with van der Waals surface area (Å²) in [5.74, 6) is -0.792. The monoisotopic (exact) mass is 432 g/mol. The molecule has 0 unspecified atom stereocenters. The summed E-state index contributed by atoms with van der Waals surface area (Å²) >= 11 is 0. The quantitative estimate of drug-likeness (QED) is 0.517. The molecule has 0 aliphatic carbocycles. The number of aliphatic hydroxyl groups excluding tert-OH is 1. The Morgan fingerprint density at radius 1 is 1.29 bits per heavy atom. The van der Waals surface area contributed by atoms with Crippen molar-refractivity contribution in [1.29, 1.82) is 0 Å². The number of aromatic nitrogens is 2. The predicted molar refractivity (Wildman–Crippen MR) is 109 cm³/mol. The molecule has 0 radical (unpaired) electrons. The van der Waals surface area contributed by atoms with Gasteiger partial charge in [-0.25, -0.2) is 4.39 Å². The van der Waals surface area contributed by atoms with Crippen molar-refractivity contribution in [1.82, 2.24) is 14.7 Å². The summed E-state index contributed by atoms with van der Waals surface area (Å²) in [4.78, 5) is 26.9. The molecule has 31 heavy (non-hydrogen) atoms. The second-order valence-electron chi connectivity index (χ2n) is 7.65. The number of nitrogens with one attached hydrogen (secondary N) is 1. The summed E-state index contributed by atoms with van der Waals surface area (Å²) in [6, 6.07) is 6.60. The average Bonchev–Trinajstić information content (AvgIpc) is 3.27. The Labute approximate surface area is 178 Å². The Balaban J connectivity index is 1.70. The molecule has 1 atom stereocenters. The van der Waals surface area contributed by atoms with Crippen LogP contribution in [0.1, 0.15) is 20.3 Å². The highest BCUT2D eigenvalue weighted by Crippen LogP contribution is 2.24. The zero-order valence-corrected chi connectivity index (χ0v) is 17.2. The molecule has 0 bridgehead atoms. The fraction of sp³-hybridized carbons (Fsp3) is 0.381. The van der Waals surface area contributed by atoms with Gasteiger partial charge in [0.25, 0.3) is 5.91 Å². The van der Waals surface area contributed by atoms with Crippen molar-refractivity contribution in [3.63, 3.8) is 0 Å². The minimum atomic E-state index is -1.57. The molecular weight excluding hydrogens is 407 g/mol. The minimum absolute atomic E-state index is 0.00451. The molecule has 3 rings (SSSR count). The molecule has 10 heteroatoms. The van der Waals surface area contributed by atoms with Gasteiger partial charge in [-0.2, -0.15) is 5.10 Å². The summed E-state index contributed by atoms with van der Waals surface area (Å²) in [6.07, 6.45) is 1.58. The van der Waals surface area contributed by atoms with Gasteiger partial charge in [-0.1, -0.05) is 26.0 Å². The number of carbonyl (C=O) groups is 2. The van der Waals surface area contributed by atoms with Crippen LogP contribution in [0.15, 0.2) is 48.4 Å². The molecule has 9 nitrogen and oxygen atoms in total. The van der Waals surface area contributed by atoms with Crippen molar-refractivity contribution < 1.29 is 28.9 Å². The van der Waals surface area contributed by atoms with E-state index in [4.69, 9.17) is 14.9 Å². The minimum Gasteiger partial charge on any atom is -0.457 e. The molecule has 1 aliphatic rings. The van der Waals surface area contributed by atoms with Crippen LogP contribution in [-0.4, -0.2) is 55.6 Å². The van der Waals surface area contributed by atoms with Gasteiger partial charge in [-0.3, -0.25) is 14.3 Å². The number of amides is 2. The van der Waals surface area contributed by atoms with Crippen molar-refractivity contribution in [3.8, 4) is 5.75 Å². The zero-order chi connectivity index (χ0) is 22.5. The van der Waals surface area contributed by atoms with E-state index in [0.717, 1.165) is 0 Å². The van der Waals surface area contributed by atoms with Crippen LogP contribution in [0.25, 0.3) is 0 Å². The number of hydrogen-bond donors (Lipinski definition) is 3. The summed E-state index contributed by atoms with van der Waals surface area (Å²) in [5, 5.41) is 24.8. The number of halogens is 1. The first-order chi connectivity index (χ1) is 14.7. The first kappa shape index (κ1) is 22.4. The summed E-state index contributed by atoms with van der Waals surface area (Å²) in [6.45, 7) is 3.75. The van der Waals surface area contributed by atoms with Crippen molar-refractivity contribution in [2.24, 2.45) is 5.92 Å². The number of rotatable bonds is 9. The highest BCUT2D eigenvalue weighted by atomic mass is 19.1. The number of hydrogen-bond acceptors (Lipinski definition) is 6. The van der Waals surface area contributed by atoms with Crippen LogP contribution in [0, 0.1) is 11.7 Å². The first-order valence-corrected chi connectivity index (χ1v) is 9.87. The first-order valence-electron chi connectivity index (χ1n) is 9.87. The standard InChI is InChI=1S/C21H25FN4O5/c1-13(2)9-16(21(30)23-18-7-8-25(24-18)12-20(28)29)26-11-14(10-19(26)27)31-17-6-4-3-5-15(17)22/h3-8,10,13,16,20,28-29H,9,11-12H2,1-2H3,(H,23,24,30)/t16-/m0/s1. The summed E-state index contributed by atoms with van der Waals surface area (Å²) in [7, 11) is 0. The lowest BCUT2D eigenvalue weighted by molar-refractivity contribution is -0.133. The maximum atomic E-state index is 13.9. The van der Waals surface area contributed by atoms with E-state index in [1.807, 2.05) is 13.8 Å². The predicted octanol–water partition coefficient (Wildman–Crippen LogP) is 1.49. The van der Waals surface area contributed by atoms with Crippen molar-refractivity contribution in [2.75, 3.05) is 11.9 Å². The van der Waals surface area contributed by atoms with Gasteiger partial charge in [0.05, 0.1) is 13.1 Å². The molecular formula is C21H25FN4O5. The van der Waals surface area contributed by atoms with Crippen molar-refractivity contribution >= 4 is 17.6 Å². The van der Waals surface area contributed by atoms with E-state index >= 15 is 0 Å². The molecule has 1 aromatic carbocycles. The van der Waals surface area contributed by atoms with Gasteiger partial charge in [-0.15, -0.1) is 0 Å². The second-order valence-corrected chi connectivity index (χ2v) is 7.65. The molecule has 2 amide bonds. The molecule has 0 fully saturated rings. The topological polar surface area (TPSA) is 117 Å². The fourth-order valence-corrected chi connectivity index (χ4v) is 3.24. The van der Waals surface area contributed by atoms with Crippen LogP contribution in [-0.2, 0) is 16.1 Å². The van der Waals surface area contributed by atoms with Gasteiger partial charge in [0.1, 0.15) is 11.8 Å². The smallest absolute Gasteiger partial charge is 0.251 e. The number of carbonyl (C=O) groups excluding carboxylic acids is 2. The maximum Gasteiger partial charge on any atom is 0.251 e. The van der Waals surface area contributed by atoms with Gasteiger partial charge in [0.2, 0.25) is 5.91 Å². The third-order valence-electron chi connectivity index (χ3n) is 4.59. The third kappa shape index (κ3) is 5.89. The van der Waals surface area contributed by atoms with Crippen LogP contribution in [0.2, 0.25) is 0 Å². The second kappa shape index (κ2) is 9.71. The normalized spacial score (nSPS) is 14.9. The van der Waals surface area contributed by atoms with Gasteiger partial charge in [0.15, 0.2) is 23.7 Å². The van der Waals surface area contributed by atoms with E-state index in [-0.39, 0.29) is 36.3 Å². The van der Waals surface area contributed by atoms with Crippen LogP contribution < -0.4 is 10.1 Å². The lowest BCUT2D eigenvalue weighted by atomic mass is 10.0. The number of anilines is 1. The molecule has 1 aliphatic heterocycles.